The Bertz CT molecular complexity index is 2020. The molecule has 3 atom stereocenters. The molecule has 2 aliphatic rings. The lowest BCUT2D eigenvalue weighted by Crippen LogP contribution is -2.76. The Morgan fingerprint density at radius 2 is 1.94 bits per heavy atom. The number of rotatable bonds is 14. The van der Waals surface area contributed by atoms with Crippen LogP contribution in [0.15, 0.2) is 47.1 Å². The molecule has 1 saturated heterocycles. The zero-order valence-electron chi connectivity index (χ0n) is 28.6. The van der Waals surface area contributed by atoms with Crippen LogP contribution in [0.1, 0.15) is 38.4 Å². The van der Waals surface area contributed by atoms with Gasteiger partial charge >= 0.3 is 16.4 Å². The van der Waals surface area contributed by atoms with Crippen LogP contribution in [0.5, 0.6) is 5.75 Å². The first-order valence-corrected chi connectivity index (χ1v) is 18.1. The van der Waals surface area contributed by atoms with Crippen molar-refractivity contribution >= 4 is 56.2 Å². The summed E-state index contributed by atoms with van der Waals surface area (Å²) in [5.41, 5.74) is 15.9. The van der Waals surface area contributed by atoms with E-state index >= 15 is 0 Å². The molecule has 5 rings (SSSR count). The summed E-state index contributed by atoms with van der Waals surface area (Å²) in [7, 11) is -3.13. The number of aromatic nitrogens is 2. The third-order valence-electron chi connectivity index (χ3n) is 8.86. The smallest absolute Gasteiger partial charge is 0.418 e. The van der Waals surface area contributed by atoms with Gasteiger partial charge in [-0.05, 0) is 62.9 Å². The van der Waals surface area contributed by atoms with Gasteiger partial charge in [-0.25, -0.2) is 14.3 Å². The van der Waals surface area contributed by atoms with Gasteiger partial charge in [0.05, 0.1) is 18.8 Å². The quantitative estimate of drug-likeness (QED) is 0.0365. The van der Waals surface area contributed by atoms with Crippen molar-refractivity contribution in [2.24, 2.45) is 23.7 Å². The Morgan fingerprint density at radius 3 is 2.52 bits per heavy atom. The van der Waals surface area contributed by atoms with Gasteiger partial charge in [0.1, 0.15) is 23.5 Å². The number of ether oxygens (including phenoxy) is 1. The Labute approximate surface area is 302 Å². The van der Waals surface area contributed by atoms with Gasteiger partial charge in [-0.15, -0.1) is 15.6 Å². The number of amides is 2. The second kappa shape index (κ2) is 14.6. The van der Waals surface area contributed by atoms with Crippen LogP contribution in [0.2, 0.25) is 0 Å². The number of benzene rings is 1. The number of carboxylic acids is 1. The number of hydrogen-bond donors (Lipinski definition) is 7. The van der Waals surface area contributed by atoms with Crippen LogP contribution in [0.4, 0.5) is 10.9 Å². The monoisotopic (exact) mass is 762 g/mol. The zero-order chi connectivity index (χ0) is 38.2. The van der Waals surface area contributed by atoms with Gasteiger partial charge in [-0.2, -0.15) is 13.5 Å². The highest BCUT2D eigenvalue weighted by Gasteiger charge is 2.58. The lowest BCUT2D eigenvalue weighted by molar-refractivity contribution is -0.656. The molecule has 0 bridgehead atoms. The number of oxime groups is 1. The van der Waals surface area contributed by atoms with Gasteiger partial charge in [0.15, 0.2) is 16.9 Å². The minimum Gasteiger partial charge on any atom is -0.485 e. The summed E-state index contributed by atoms with van der Waals surface area (Å²) in [6.07, 6.45) is 1.55. The predicted molar refractivity (Wildman–Crippen MR) is 187 cm³/mol. The third kappa shape index (κ3) is 7.78. The van der Waals surface area contributed by atoms with Crippen LogP contribution < -0.4 is 37.1 Å². The second-order valence-electron chi connectivity index (χ2n) is 12.9. The van der Waals surface area contributed by atoms with Crippen molar-refractivity contribution < 1.29 is 50.9 Å². The number of carbonyl (C=O) groups excluding carboxylic acids is 2. The topological polar surface area (TPSA) is 288 Å². The average molecular weight is 763 g/mol. The fourth-order valence-electron chi connectivity index (χ4n) is 5.70. The number of nitrogens with zero attached hydrogens (tertiary/aromatic N) is 4. The molecule has 52 heavy (non-hydrogen) atoms. The highest BCUT2D eigenvalue weighted by atomic mass is 32.3. The van der Waals surface area contributed by atoms with Crippen LogP contribution >= 0.6 is 11.3 Å². The summed E-state index contributed by atoms with van der Waals surface area (Å²) in [4.78, 5) is 48.5. The molecular formula is C31H40N9O10S2+. The summed E-state index contributed by atoms with van der Waals surface area (Å²) in [6.45, 7) is 4.78. The first kappa shape index (κ1) is 38.3. The fraction of sp³-hybridized carbons (Fsp3) is 0.419. The highest BCUT2D eigenvalue weighted by Crippen LogP contribution is 2.37. The molecule has 3 aromatic rings. The molecule has 19 nitrogen and oxygen atoms in total. The van der Waals surface area contributed by atoms with E-state index in [0.717, 1.165) is 33.8 Å². The van der Waals surface area contributed by atoms with Gasteiger partial charge in [-0.3, -0.25) is 19.5 Å². The van der Waals surface area contributed by atoms with Crippen LogP contribution in [0, 0.1) is 0 Å². The molecule has 0 radical (unpaired) electrons. The number of pyridine rings is 1. The number of nitrogens with two attached hydrogens (primary N) is 3. The fourth-order valence-corrected chi connectivity index (χ4v) is 6.71. The van der Waals surface area contributed by atoms with E-state index in [1.54, 1.807) is 6.07 Å². The number of β-lactam (4-membered cyclic amide) rings is 1. The van der Waals surface area contributed by atoms with E-state index in [-0.39, 0.29) is 23.3 Å². The van der Waals surface area contributed by atoms with Gasteiger partial charge < -0.3 is 37.2 Å². The van der Waals surface area contributed by atoms with Gasteiger partial charge in [0.2, 0.25) is 0 Å². The Kier molecular flexibility index (Phi) is 10.8. The molecule has 2 aromatic heterocycles. The molecular weight excluding hydrogens is 723 g/mol. The maximum absolute atomic E-state index is 13.5. The van der Waals surface area contributed by atoms with Crippen molar-refractivity contribution in [1.82, 2.24) is 15.4 Å². The van der Waals surface area contributed by atoms with E-state index in [4.69, 9.17) is 31.3 Å². The SMILES string of the molecule is C[n+]1cc(-c2ccc3c(c2)CC[C@H]([C@](C)(O/N=C(\C(=O)NC2C(=O)N(OS(=O)(=O)O)C2(C)C)c2csc(N)n2)C(=O)O)O3)ccc1NC(CN)CN. The number of fused-ring (bicyclic) bond motifs is 1. The third-order valence-corrected chi connectivity index (χ3v) is 9.87. The van der Waals surface area contributed by atoms with Crippen molar-refractivity contribution in [3.63, 3.8) is 0 Å². The van der Waals surface area contributed by atoms with Crippen molar-refractivity contribution in [2.45, 2.75) is 62.9 Å². The van der Waals surface area contributed by atoms with Crippen LogP contribution in [0.3, 0.4) is 0 Å². The summed E-state index contributed by atoms with van der Waals surface area (Å²) in [5.74, 6) is -2.15. The van der Waals surface area contributed by atoms with Crippen molar-refractivity contribution in [3.05, 3.63) is 53.2 Å². The number of aliphatic carboxylic acids is 1. The Hall–Kier alpha value is -4.93. The average Bonchev–Trinajstić information content (AvgIpc) is 3.53. The molecule has 21 heteroatoms. The summed E-state index contributed by atoms with van der Waals surface area (Å²) in [5, 5.41) is 21.8. The number of thiazole rings is 1. The standard InChI is InChI=1S/C31H39N9O10S2/c1-30(2)25(27(42)40(30)50-52(45,46)47)37-26(41)24(20-15-51-29(34)36-20)38-49-31(3,28(43)44)22-9-6-17-11-16(5-8-21(17)48-22)18-7-10-23(39(4)14-18)35-19(12-32)13-33/h5,7-8,10-11,14-15,19,22,25H,6,9,12-13,32-33H2,1-4H3,(H5,34,36,37,41,43,44,45,46,47)/p+1/b38-24-/t22-,25?,31+/m1/s1. The number of nitrogen functional groups attached to an aromatic ring is 1. The number of carboxylic acid groups (broad SMARTS) is 1. The molecule has 10 N–H and O–H groups in total. The summed E-state index contributed by atoms with van der Waals surface area (Å²) in [6, 6.07) is 8.05. The normalized spacial score (nSPS) is 19.6. The molecule has 1 fully saturated rings. The summed E-state index contributed by atoms with van der Waals surface area (Å²) < 4.78 is 43.8. The first-order chi connectivity index (χ1) is 24.4. The predicted octanol–water partition coefficient (Wildman–Crippen LogP) is -0.287. The van der Waals surface area contributed by atoms with Crippen molar-refractivity contribution in [3.8, 4) is 16.9 Å². The van der Waals surface area contributed by atoms with E-state index in [0.29, 0.717) is 30.3 Å². The largest absolute Gasteiger partial charge is 0.485 e. The lowest BCUT2D eigenvalue weighted by atomic mass is 9.84. The number of hydroxylamine groups is 2. The maximum Gasteiger partial charge on any atom is 0.418 e. The van der Waals surface area contributed by atoms with E-state index in [1.165, 1.54) is 26.2 Å². The minimum absolute atomic E-state index is 0.0593. The van der Waals surface area contributed by atoms with Gasteiger partial charge in [0.25, 0.3) is 23.2 Å². The van der Waals surface area contributed by atoms with Crippen LogP contribution in [-0.2, 0) is 47.4 Å². The minimum atomic E-state index is -5.03. The molecule has 0 spiro atoms. The second-order valence-corrected chi connectivity index (χ2v) is 14.8. The number of hydrogen-bond acceptors (Lipinski definition) is 15. The number of nitrogens with one attached hydrogen (secondary N) is 2. The molecule has 2 aliphatic heterocycles. The number of aryl methyl sites for hydroxylation is 2. The Morgan fingerprint density at radius 1 is 1.25 bits per heavy atom. The van der Waals surface area contributed by atoms with E-state index in [1.807, 2.05) is 42.1 Å². The molecule has 0 aliphatic carbocycles. The summed E-state index contributed by atoms with van der Waals surface area (Å²) >= 11 is 0.967. The number of anilines is 2. The van der Waals surface area contributed by atoms with E-state index in [9.17, 15) is 27.9 Å². The zero-order valence-corrected chi connectivity index (χ0v) is 30.2. The molecule has 1 unspecified atom stereocenters. The molecule has 280 valence electrons. The maximum atomic E-state index is 13.5. The van der Waals surface area contributed by atoms with Crippen molar-refractivity contribution in [2.75, 3.05) is 24.1 Å². The van der Waals surface area contributed by atoms with Crippen LogP contribution in [-0.4, -0.2) is 94.0 Å². The van der Waals surface area contributed by atoms with Crippen LogP contribution in [0.25, 0.3) is 11.1 Å². The van der Waals surface area contributed by atoms with Crippen molar-refractivity contribution in [1.29, 1.82) is 0 Å². The lowest BCUT2D eigenvalue weighted by Gasteiger charge is -2.50. The van der Waals surface area contributed by atoms with Gasteiger partial charge in [0, 0.05) is 30.1 Å². The highest BCUT2D eigenvalue weighted by molar-refractivity contribution is 7.80. The first-order valence-electron chi connectivity index (χ1n) is 15.9. The molecule has 0 saturated carbocycles. The molecule has 4 heterocycles. The molecule has 1 aromatic carbocycles. The van der Waals surface area contributed by atoms with Gasteiger partial charge in [-0.1, -0.05) is 11.2 Å². The molecule has 2 amide bonds. The van der Waals surface area contributed by atoms with E-state index < -0.39 is 57.2 Å². The number of carbonyl (C=O) groups is 3. The Balaban J connectivity index is 1.35. The van der Waals surface area contributed by atoms with E-state index in [2.05, 4.69) is 25.1 Å².